The van der Waals surface area contributed by atoms with Gasteiger partial charge in [0.25, 0.3) is 5.91 Å². The van der Waals surface area contributed by atoms with E-state index in [9.17, 15) is 4.79 Å². The summed E-state index contributed by atoms with van der Waals surface area (Å²) >= 11 is 1.14. The van der Waals surface area contributed by atoms with E-state index >= 15 is 0 Å². The van der Waals surface area contributed by atoms with Crippen LogP contribution >= 0.6 is 11.3 Å². The molecular formula is C8H12N2O2S. The second kappa shape index (κ2) is 4.23. The Hall–Kier alpha value is -1.10. The highest BCUT2D eigenvalue weighted by Crippen LogP contribution is 2.13. The molecule has 0 radical (unpaired) electrons. The van der Waals surface area contributed by atoms with Gasteiger partial charge in [0.05, 0.1) is 5.38 Å². The molecule has 13 heavy (non-hydrogen) atoms. The minimum absolute atomic E-state index is 0.0975. The van der Waals surface area contributed by atoms with E-state index in [4.69, 9.17) is 5.11 Å². The van der Waals surface area contributed by atoms with Crippen molar-refractivity contribution in [1.82, 2.24) is 10.3 Å². The number of rotatable bonds is 3. The van der Waals surface area contributed by atoms with E-state index < -0.39 is 0 Å². The van der Waals surface area contributed by atoms with Crippen molar-refractivity contribution >= 4 is 17.2 Å². The summed E-state index contributed by atoms with van der Waals surface area (Å²) in [4.78, 5) is 14.9. The number of aromatic hydroxyl groups is 1. The van der Waals surface area contributed by atoms with E-state index in [0.717, 1.165) is 11.3 Å². The lowest BCUT2D eigenvalue weighted by molar-refractivity contribution is 0.0948. The molecule has 0 spiro atoms. The topological polar surface area (TPSA) is 62.2 Å². The third-order valence-corrected chi connectivity index (χ3v) is 2.19. The Bertz CT molecular complexity index is 296. The predicted molar refractivity (Wildman–Crippen MR) is 51.0 cm³/mol. The lowest BCUT2D eigenvalue weighted by Crippen LogP contribution is -2.27. The maximum atomic E-state index is 11.3. The molecule has 0 aliphatic carbocycles. The van der Waals surface area contributed by atoms with Gasteiger partial charge in [-0.1, -0.05) is 13.8 Å². The van der Waals surface area contributed by atoms with Crippen LogP contribution in [0.4, 0.5) is 0 Å². The molecule has 0 aliphatic heterocycles. The van der Waals surface area contributed by atoms with Gasteiger partial charge >= 0.3 is 0 Å². The summed E-state index contributed by atoms with van der Waals surface area (Å²) < 4.78 is 0. The Morgan fingerprint density at radius 2 is 2.46 bits per heavy atom. The molecule has 0 aromatic carbocycles. The fourth-order valence-electron chi connectivity index (χ4n) is 0.742. The van der Waals surface area contributed by atoms with Crippen molar-refractivity contribution in [3.8, 4) is 5.88 Å². The van der Waals surface area contributed by atoms with Crippen LogP contribution in [0.3, 0.4) is 0 Å². The zero-order valence-corrected chi connectivity index (χ0v) is 8.39. The van der Waals surface area contributed by atoms with Crippen LogP contribution in [0.5, 0.6) is 5.88 Å². The molecule has 1 heterocycles. The second-order valence-corrected chi connectivity index (χ2v) is 3.97. The largest absolute Gasteiger partial charge is 0.493 e. The number of thiazole rings is 1. The molecule has 0 atom stereocenters. The number of hydrogen-bond donors (Lipinski definition) is 2. The van der Waals surface area contributed by atoms with E-state index in [2.05, 4.69) is 10.3 Å². The molecule has 2 N–H and O–H groups in total. The number of nitrogens with one attached hydrogen (secondary N) is 1. The van der Waals surface area contributed by atoms with Gasteiger partial charge in [-0.15, -0.1) is 11.3 Å². The summed E-state index contributed by atoms with van der Waals surface area (Å²) in [5.41, 5.74) is 0. The van der Waals surface area contributed by atoms with E-state index in [-0.39, 0.29) is 11.8 Å². The molecule has 72 valence electrons. The number of hydrogen-bond acceptors (Lipinski definition) is 4. The average Bonchev–Trinajstić information content (AvgIpc) is 2.47. The van der Waals surface area contributed by atoms with Crippen LogP contribution in [0.15, 0.2) is 5.38 Å². The Labute approximate surface area is 80.6 Å². The Kier molecular flexibility index (Phi) is 3.25. The molecule has 0 bridgehead atoms. The van der Waals surface area contributed by atoms with Crippen molar-refractivity contribution in [3.05, 3.63) is 10.4 Å². The normalized spacial score (nSPS) is 10.4. The first kappa shape index (κ1) is 9.98. The van der Waals surface area contributed by atoms with Crippen LogP contribution in [-0.2, 0) is 0 Å². The molecule has 5 heteroatoms. The molecule has 0 saturated carbocycles. The number of nitrogens with zero attached hydrogens (tertiary/aromatic N) is 1. The standard InChI is InChI=1S/C8H12N2O2S/c1-5(2)3-9-7(12)8-10-6(11)4-13-8/h4-5,11H,3H2,1-2H3,(H,9,12). The summed E-state index contributed by atoms with van der Waals surface area (Å²) in [6, 6.07) is 0. The molecule has 1 amide bonds. The molecule has 0 saturated heterocycles. The molecule has 0 fully saturated rings. The number of amides is 1. The highest BCUT2D eigenvalue weighted by Gasteiger charge is 2.10. The first-order valence-corrected chi connectivity index (χ1v) is 4.90. The molecular weight excluding hydrogens is 188 g/mol. The number of aromatic nitrogens is 1. The SMILES string of the molecule is CC(C)CNC(=O)c1nc(O)cs1. The van der Waals surface area contributed by atoms with Crippen LogP contribution in [-0.4, -0.2) is 22.5 Å². The number of carbonyl (C=O) groups excluding carboxylic acids is 1. The molecule has 4 nitrogen and oxygen atoms in total. The zero-order valence-electron chi connectivity index (χ0n) is 7.57. The Morgan fingerprint density at radius 1 is 1.77 bits per heavy atom. The summed E-state index contributed by atoms with van der Waals surface area (Å²) in [5.74, 6) is 0.0937. The highest BCUT2D eigenvalue weighted by molar-refractivity contribution is 7.11. The van der Waals surface area contributed by atoms with Gasteiger partial charge in [0, 0.05) is 6.54 Å². The lowest BCUT2D eigenvalue weighted by Gasteiger charge is -2.04. The summed E-state index contributed by atoms with van der Waals surface area (Å²) in [6.07, 6.45) is 0. The van der Waals surface area contributed by atoms with Gasteiger partial charge in [-0.2, -0.15) is 4.98 Å². The maximum Gasteiger partial charge on any atom is 0.280 e. The van der Waals surface area contributed by atoms with Crippen LogP contribution in [0.1, 0.15) is 23.6 Å². The van der Waals surface area contributed by atoms with E-state index in [1.165, 1.54) is 5.38 Å². The Morgan fingerprint density at radius 3 is 2.92 bits per heavy atom. The fourth-order valence-corrected chi connectivity index (χ4v) is 1.34. The van der Waals surface area contributed by atoms with Crippen LogP contribution in [0.25, 0.3) is 0 Å². The first-order valence-electron chi connectivity index (χ1n) is 4.02. The molecule has 1 aromatic heterocycles. The molecule has 0 aliphatic rings. The molecule has 1 aromatic rings. The van der Waals surface area contributed by atoms with Gasteiger partial charge in [0.2, 0.25) is 5.88 Å². The zero-order chi connectivity index (χ0) is 9.84. The maximum absolute atomic E-state index is 11.3. The monoisotopic (exact) mass is 200 g/mol. The van der Waals surface area contributed by atoms with E-state index in [1.54, 1.807) is 0 Å². The minimum Gasteiger partial charge on any atom is -0.493 e. The van der Waals surface area contributed by atoms with Gasteiger partial charge in [-0.3, -0.25) is 4.79 Å². The Balaban J connectivity index is 2.49. The summed E-state index contributed by atoms with van der Waals surface area (Å²) in [5, 5.41) is 13.3. The van der Waals surface area contributed by atoms with Crippen molar-refractivity contribution in [1.29, 1.82) is 0 Å². The van der Waals surface area contributed by atoms with Crippen molar-refractivity contribution in [2.75, 3.05) is 6.54 Å². The van der Waals surface area contributed by atoms with Gasteiger partial charge in [-0.25, -0.2) is 0 Å². The van der Waals surface area contributed by atoms with Gasteiger partial charge in [0.1, 0.15) is 0 Å². The number of carbonyl (C=O) groups is 1. The van der Waals surface area contributed by atoms with Crippen molar-refractivity contribution < 1.29 is 9.90 Å². The van der Waals surface area contributed by atoms with Crippen LogP contribution in [0.2, 0.25) is 0 Å². The fraction of sp³-hybridized carbons (Fsp3) is 0.500. The van der Waals surface area contributed by atoms with Crippen LogP contribution < -0.4 is 5.32 Å². The van der Waals surface area contributed by atoms with Gasteiger partial charge < -0.3 is 10.4 Å². The highest BCUT2D eigenvalue weighted by atomic mass is 32.1. The summed E-state index contributed by atoms with van der Waals surface area (Å²) in [7, 11) is 0. The smallest absolute Gasteiger partial charge is 0.280 e. The molecule has 0 unspecified atom stereocenters. The second-order valence-electron chi connectivity index (χ2n) is 3.11. The van der Waals surface area contributed by atoms with Crippen molar-refractivity contribution in [3.63, 3.8) is 0 Å². The van der Waals surface area contributed by atoms with E-state index in [0.29, 0.717) is 17.5 Å². The van der Waals surface area contributed by atoms with Gasteiger partial charge in [-0.05, 0) is 5.92 Å². The van der Waals surface area contributed by atoms with Crippen molar-refractivity contribution in [2.45, 2.75) is 13.8 Å². The third-order valence-electron chi connectivity index (χ3n) is 1.36. The predicted octanol–water partition coefficient (Wildman–Crippen LogP) is 1.23. The van der Waals surface area contributed by atoms with Crippen LogP contribution in [0, 0.1) is 5.92 Å². The lowest BCUT2D eigenvalue weighted by atomic mass is 10.2. The average molecular weight is 200 g/mol. The first-order chi connectivity index (χ1) is 6.09. The quantitative estimate of drug-likeness (QED) is 0.771. The third kappa shape index (κ3) is 3.02. The van der Waals surface area contributed by atoms with Crippen molar-refractivity contribution in [2.24, 2.45) is 5.92 Å². The summed E-state index contributed by atoms with van der Waals surface area (Å²) in [6.45, 7) is 4.65. The molecule has 1 rings (SSSR count). The van der Waals surface area contributed by atoms with Gasteiger partial charge in [0.15, 0.2) is 5.01 Å². The minimum atomic E-state index is -0.223. The van der Waals surface area contributed by atoms with E-state index in [1.807, 2.05) is 13.8 Å².